The quantitative estimate of drug-likeness (QED) is 0.920. The van der Waals surface area contributed by atoms with Crippen molar-refractivity contribution in [3.8, 4) is 5.75 Å². The molecule has 1 atom stereocenters. The Morgan fingerprint density at radius 1 is 1.32 bits per heavy atom. The van der Waals surface area contributed by atoms with Gasteiger partial charge in [-0.3, -0.25) is 4.79 Å². The number of carbonyl (C=O) groups is 1. The molecule has 1 N–H and O–H groups in total. The first-order valence-electron chi connectivity index (χ1n) is 7.83. The summed E-state index contributed by atoms with van der Waals surface area (Å²) in [4.78, 5) is 12.1. The number of aryl methyl sites for hydroxylation is 2. The molecular formula is C18H21NO3. The van der Waals surface area contributed by atoms with Crippen molar-refractivity contribution in [3.05, 3.63) is 53.5 Å². The third-order valence-electron chi connectivity index (χ3n) is 4.09. The van der Waals surface area contributed by atoms with Crippen LogP contribution in [-0.4, -0.2) is 12.5 Å². The Morgan fingerprint density at radius 3 is 2.91 bits per heavy atom. The van der Waals surface area contributed by atoms with E-state index < -0.39 is 0 Å². The maximum atomic E-state index is 12.1. The lowest BCUT2D eigenvalue weighted by molar-refractivity contribution is -0.124. The zero-order valence-corrected chi connectivity index (χ0v) is 12.8. The average molecular weight is 299 g/mol. The molecule has 4 heteroatoms. The molecule has 0 saturated carbocycles. The molecule has 0 bridgehead atoms. The molecule has 3 rings (SSSR count). The summed E-state index contributed by atoms with van der Waals surface area (Å²) in [5.74, 6) is 1.62. The Hall–Kier alpha value is -2.23. The molecule has 0 saturated heterocycles. The predicted octanol–water partition coefficient (Wildman–Crippen LogP) is 3.41. The van der Waals surface area contributed by atoms with Crippen LogP contribution in [0, 0.1) is 0 Å². The Labute approximate surface area is 130 Å². The summed E-state index contributed by atoms with van der Waals surface area (Å²) in [6, 6.07) is 9.84. The predicted molar refractivity (Wildman–Crippen MR) is 83.8 cm³/mol. The van der Waals surface area contributed by atoms with Crippen LogP contribution in [0.5, 0.6) is 5.75 Å². The molecule has 2 aromatic rings. The van der Waals surface area contributed by atoms with Crippen molar-refractivity contribution < 1.29 is 13.9 Å². The molecule has 1 amide bonds. The number of benzene rings is 1. The van der Waals surface area contributed by atoms with Crippen molar-refractivity contribution in [2.45, 2.75) is 38.6 Å². The van der Waals surface area contributed by atoms with E-state index in [1.807, 2.05) is 30.3 Å². The minimum Gasteiger partial charge on any atom is -0.484 e. The van der Waals surface area contributed by atoms with Crippen LogP contribution in [-0.2, 0) is 17.6 Å². The van der Waals surface area contributed by atoms with Crippen molar-refractivity contribution in [2.75, 3.05) is 6.61 Å². The van der Waals surface area contributed by atoms with Crippen LogP contribution < -0.4 is 10.1 Å². The summed E-state index contributed by atoms with van der Waals surface area (Å²) in [5, 5.41) is 3.03. The Balaban J connectivity index is 1.53. The first kappa shape index (κ1) is 14.7. The number of furan rings is 1. The van der Waals surface area contributed by atoms with Gasteiger partial charge in [0.15, 0.2) is 6.61 Å². The number of fused-ring (bicyclic) bond motifs is 1. The van der Waals surface area contributed by atoms with Crippen molar-refractivity contribution in [1.82, 2.24) is 5.32 Å². The fraction of sp³-hybridized carbons (Fsp3) is 0.389. The van der Waals surface area contributed by atoms with Gasteiger partial charge in [-0.1, -0.05) is 19.1 Å². The second-order valence-electron chi connectivity index (χ2n) is 5.60. The normalized spacial score (nSPS) is 16.9. The minimum atomic E-state index is -0.0985. The summed E-state index contributed by atoms with van der Waals surface area (Å²) in [6.45, 7) is 2.15. The van der Waals surface area contributed by atoms with E-state index in [0.717, 1.165) is 42.8 Å². The molecule has 1 unspecified atom stereocenters. The second kappa shape index (κ2) is 6.69. The number of carbonyl (C=O) groups excluding carboxylic acids is 1. The molecule has 1 heterocycles. The lowest BCUT2D eigenvalue weighted by Crippen LogP contribution is -2.34. The first-order chi connectivity index (χ1) is 10.8. The van der Waals surface area contributed by atoms with Gasteiger partial charge in [0.05, 0.1) is 12.3 Å². The molecule has 1 aromatic carbocycles. The summed E-state index contributed by atoms with van der Waals surface area (Å²) in [7, 11) is 0. The number of nitrogens with one attached hydrogen (secondary N) is 1. The van der Waals surface area contributed by atoms with E-state index in [1.165, 1.54) is 5.56 Å². The van der Waals surface area contributed by atoms with E-state index in [1.54, 1.807) is 6.26 Å². The molecule has 0 spiro atoms. The van der Waals surface area contributed by atoms with Gasteiger partial charge in [-0.05, 0) is 43.0 Å². The van der Waals surface area contributed by atoms with E-state index in [2.05, 4.69) is 12.2 Å². The van der Waals surface area contributed by atoms with Crippen LogP contribution in [0.25, 0.3) is 0 Å². The lowest BCUT2D eigenvalue weighted by atomic mass is 9.93. The maximum absolute atomic E-state index is 12.1. The van der Waals surface area contributed by atoms with Gasteiger partial charge in [-0.15, -0.1) is 0 Å². The van der Waals surface area contributed by atoms with Gasteiger partial charge in [0, 0.05) is 12.0 Å². The van der Waals surface area contributed by atoms with E-state index in [-0.39, 0.29) is 18.6 Å². The van der Waals surface area contributed by atoms with Crippen LogP contribution in [0.15, 0.2) is 41.0 Å². The number of hydrogen-bond donors (Lipinski definition) is 1. The van der Waals surface area contributed by atoms with Gasteiger partial charge < -0.3 is 14.5 Å². The fourth-order valence-corrected chi connectivity index (χ4v) is 2.84. The van der Waals surface area contributed by atoms with Gasteiger partial charge in [0.1, 0.15) is 11.5 Å². The van der Waals surface area contributed by atoms with Crippen molar-refractivity contribution >= 4 is 5.91 Å². The van der Waals surface area contributed by atoms with Crippen LogP contribution in [0.1, 0.15) is 42.7 Å². The van der Waals surface area contributed by atoms with Crippen molar-refractivity contribution in [2.24, 2.45) is 0 Å². The largest absolute Gasteiger partial charge is 0.484 e. The first-order valence-corrected chi connectivity index (χ1v) is 7.83. The van der Waals surface area contributed by atoms with Gasteiger partial charge in [0.25, 0.3) is 5.91 Å². The molecule has 1 aliphatic rings. The summed E-state index contributed by atoms with van der Waals surface area (Å²) < 4.78 is 11.0. The topological polar surface area (TPSA) is 51.5 Å². The van der Waals surface area contributed by atoms with Gasteiger partial charge >= 0.3 is 0 Å². The standard InChI is InChI=1S/C18H21NO3/c1-2-13-6-8-14(9-7-13)22-12-18(20)19-16-4-3-5-17-15(16)10-11-21-17/h6-11,16H,2-5,12H2,1H3,(H,19,20). The van der Waals surface area contributed by atoms with Crippen molar-refractivity contribution in [3.63, 3.8) is 0 Å². The monoisotopic (exact) mass is 299 g/mol. The number of ether oxygens (including phenoxy) is 1. The van der Waals surface area contributed by atoms with E-state index in [4.69, 9.17) is 9.15 Å². The van der Waals surface area contributed by atoms with Gasteiger partial charge in [0.2, 0.25) is 0 Å². The summed E-state index contributed by atoms with van der Waals surface area (Å²) in [5.41, 5.74) is 2.36. The molecule has 116 valence electrons. The highest BCUT2D eigenvalue weighted by molar-refractivity contribution is 5.78. The smallest absolute Gasteiger partial charge is 0.258 e. The highest BCUT2D eigenvalue weighted by atomic mass is 16.5. The lowest BCUT2D eigenvalue weighted by Gasteiger charge is -2.22. The summed E-state index contributed by atoms with van der Waals surface area (Å²) >= 11 is 0. The van der Waals surface area contributed by atoms with Gasteiger partial charge in [-0.25, -0.2) is 0 Å². The highest BCUT2D eigenvalue weighted by Crippen LogP contribution is 2.30. The highest BCUT2D eigenvalue weighted by Gasteiger charge is 2.23. The molecule has 22 heavy (non-hydrogen) atoms. The van der Waals surface area contributed by atoms with Crippen LogP contribution in [0.3, 0.4) is 0 Å². The third-order valence-corrected chi connectivity index (χ3v) is 4.09. The molecule has 0 aliphatic heterocycles. The number of hydrogen-bond acceptors (Lipinski definition) is 3. The fourth-order valence-electron chi connectivity index (χ4n) is 2.84. The van der Waals surface area contributed by atoms with Crippen LogP contribution in [0.4, 0.5) is 0 Å². The third kappa shape index (κ3) is 3.32. The number of amides is 1. The molecule has 4 nitrogen and oxygen atoms in total. The van der Waals surface area contributed by atoms with Gasteiger partial charge in [-0.2, -0.15) is 0 Å². The Kier molecular flexibility index (Phi) is 4.47. The zero-order valence-electron chi connectivity index (χ0n) is 12.8. The van der Waals surface area contributed by atoms with Crippen molar-refractivity contribution in [1.29, 1.82) is 0 Å². The van der Waals surface area contributed by atoms with Crippen LogP contribution >= 0.6 is 0 Å². The molecule has 1 aliphatic carbocycles. The average Bonchev–Trinajstić information content (AvgIpc) is 3.03. The molecule has 0 fully saturated rings. The second-order valence-corrected chi connectivity index (χ2v) is 5.60. The Bertz CT molecular complexity index is 630. The van der Waals surface area contributed by atoms with E-state index in [0.29, 0.717) is 0 Å². The van der Waals surface area contributed by atoms with E-state index >= 15 is 0 Å². The minimum absolute atomic E-state index is 0.0369. The summed E-state index contributed by atoms with van der Waals surface area (Å²) in [6.07, 6.45) is 5.62. The molecule has 1 aromatic heterocycles. The SMILES string of the molecule is CCc1ccc(OCC(=O)NC2CCCc3occc32)cc1. The number of rotatable bonds is 5. The zero-order chi connectivity index (χ0) is 15.4. The van der Waals surface area contributed by atoms with Crippen LogP contribution in [0.2, 0.25) is 0 Å². The molecular weight excluding hydrogens is 278 g/mol. The Morgan fingerprint density at radius 2 is 2.14 bits per heavy atom. The molecule has 0 radical (unpaired) electrons. The maximum Gasteiger partial charge on any atom is 0.258 e. The van der Waals surface area contributed by atoms with E-state index in [9.17, 15) is 4.79 Å².